The van der Waals surface area contributed by atoms with Crippen molar-refractivity contribution >= 4 is 21.4 Å². The second-order valence-corrected chi connectivity index (χ2v) is 7.61. The van der Waals surface area contributed by atoms with Crippen molar-refractivity contribution in [2.24, 2.45) is 0 Å². The molecule has 0 unspecified atom stereocenters. The Morgan fingerprint density at radius 1 is 1.35 bits per heavy atom. The minimum absolute atomic E-state index is 0.00865. The van der Waals surface area contributed by atoms with E-state index < -0.39 is 27.3 Å². The summed E-state index contributed by atoms with van der Waals surface area (Å²) < 4.78 is 29.2. The van der Waals surface area contributed by atoms with Crippen LogP contribution in [0, 0.1) is 6.92 Å². The van der Waals surface area contributed by atoms with Crippen LogP contribution in [0.5, 0.6) is 0 Å². The van der Waals surface area contributed by atoms with Gasteiger partial charge in [-0.15, -0.1) is 0 Å². The second-order valence-electron chi connectivity index (χ2n) is 5.55. The SMILES string of the molecule is Cc1noc(CS(=O)(=O)CC(=O)N2CCCc3ccccc32)n1. The summed E-state index contributed by atoms with van der Waals surface area (Å²) in [6.45, 7) is 2.14. The zero-order chi connectivity index (χ0) is 16.4. The molecule has 0 saturated heterocycles. The van der Waals surface area contributed by atoms with Gasteiger partial charge in [0.1, 0.15) is 11.5 Å². The molecule has 0 fully saturated rings. The number of anilines is 1. The summed E-state index contributed by atoms with van der Waals surface area (Å²) >= 11 is 0. The molecule has 1 aromatic heterocycles. The first-order valence-corrected chi connectivity index (χ1v) is 9.15. The molecule has 122 valence electrons. The maximum absolute atomic E-state index is 12.5. The van der Waals surface area contributed by atoms with Crippen molar-refractivity contribution in [3.8, 4) is 0 Å². The molecule has 7 nitrogen and oxygen atoms in total. The summed E-state index contributed by atoms with van der Waals surface area (Å²) in [7, 11) is -3.66. The average molecular weight is 335 g/mol. The standard InChI is InChI=1S/C15H17N3O4S/c1-11-16-14(22-17-11)9-23(20,21)10-15(19)18-8-4-6-12-5-2-3-7-13(12)18/h2-3,5,7H,4,6,8-10H2,1H3. The molecule has 0 aliphatic carbocycles. The Bertz CT molecular complexity index is 829. The normalized spacial score (nSPS) is 14.6. The average Bonchev–Trinajstić information content (AvgIpc) is 2.90. The lowest BCUT2D eigenvalue weighted by molar-refractivity contribution is -0.116. The van der Waals surface area contributed by atoms with Crippen molar-refractivity contribution in [2.45, 2.75) is 25.5 Å². The zero-order valence-electron chi connectivity index (χ0n) is 12.7. The van der Waals surface area contributed by atoms with Crippen molar-refractivity contribution < 1.29 is 17.7 Å². The quantitative estimate of drug-likeness (QED) is 0.835. The highest BCUT2D eigenvalue weighted by atomic mass is 32.2. The van der Waals surface area contributed by atoms with Crippen molar-refractivity contribution in [3.63, 3.8) is 0 Å². The number of amides is 1. The van der Waals surface area contributed by atoms with Crippen LogP contribution in [0.4, 0.5) is 5.69 Å². The number of rotatable bonds is 4. The predicted molar refractivity (Wildman–Crippen MR) is 83.6 cm³/mol. The molecule has 1 aliphatic heterocycles. The molecule has 2 heterocycles. The van der Waals surface area contributed by atoms with Gasteiger partial charge >= 0.3 is 0 Å². The van der Waals surface area contributed by atoms with Gasteiger partial charge < -0.3 is 9.42 Å². The lowest BCUT2D eigenvalue weighted by atomic mass is 10.0. The van der Waals surface area contributed by atoms with Crippen molar-refractivity contribution in [3.05, 3.63) is 41.5 Å². The van der Waals surface area contributed by atoms with E-state index in [4.69, 9.17) is 4.52 Å². The zero-order valence-corrected chi connectivity index (χ0v) is 13.5. The molecule has 23 heavy (non-hydrogen) atoms. The third-order valence-corrected chi connectivity index (χ3v) is 5.04. The third kappa shape index (κ3) is 3.58. The number of nitrogens with zero attached hydrogens (tertiary/aromatic N) is 3. The first-order chi connectivity index (χ1) is 10.9. The number of aromatic nitrogens is 2. The summed E-state index contributed by atoms with van der Waals surface area (Å²) in [5.41, 5.74) is 1.87. The maximum atomic E-state index is 12.5. The van der Waals surface area contributed by atoms with E-state index in [9.17, 15) is 13.2 Å². The Morgan fingerprint density at radius 3 is 2.87 bits per heavy atom. The molecule has 0 bridgehead atoms. The maximum Gasteiger partial charge on any atom is 0.242 e. The fourth-order valence-electron chi connectivity index (χ4n) is 2.70. The Morgan fingerprint density at radius 2 is 2.13 bits per heavy atom. The van der Waals surface area contributed by atoms with Crippen molar-refractivity contribution in [1.82, 2.24) is 10.1 Å². The largest absolute Gasteiger partial charge is 0.338 e. The van der Waals surface area contributed by atoms with Crippen LogP contribution in [0.25, 0.3) is 0 Å². The van der Waals surface area contributed by atoms with Crippen LogP contribution in [-0.2, 0) is 26.8 Å². The fraction of sp³-hybridized carbons (Fsp3) is 0.400. The summed E-state index contributed by atoms with van der Waals surface area (Å²) in [5, 5.41) is 3.55. The monoisotopic (exact) mass is 335 g/mol. The summed E-state index contributed by atoms with van der Waals surface area (Å²) in [5.74, 6) is -1.04. The molecule has 3 rings (SSSR count). The number of fused-ring (bicyclic) bond motifs is 1. The molecule has 0 saturated carbocycles. The smallest absolute Gasteiger partial charge is 0.242 e. The van der Waals surface area contributed by atoms with Crippen LogP contribution in [0.3, 0.4) is 0 Å². The van der Waals surface area contributed by atoms with Gasteiger partial charge in [0, 0.05) is 12.2 Å². The van der Waals surface area contributed by atoms with E-state index in [-0.39, 0.29) is 5.89 Å². The third-order valence-electron chi connectivity index (χ3n) is 3.67. The molecule has 0 atom stereocenters. The lowest BCUT2D eigenvalue weighted by Crippen LogP contribution is -2.39. The second kappa shape index (κ2) is 6.11. The van der Waals surface area contributed by atoms with Crippen LogP contribution in [0.2, 0.25) is 0 Å². The van der Waals surface area contributed by atoms with Gasteiger partial charge in [0.15, 0.2) is 15.7 Å². The minimum Gasteiger partial charge on any atom is -0.338 e. The molecule has 1 amide bonds. The fourth-order valence-corrected chi connectivity index (χ4v) is 3.82. The summed E-state index contributed by atoms with van der Waals surface area (Å²) in [6, 6.07) is 7.58. The number of benzene rings is 1. The van der Waals surface area contributed by atoms with Crippen LogP contribution < -0.4 is 4.90 Å². The molecular formula is C15H17N3O4S. The summed E-state index contributed by atoms with van der Waals surface area (Å²) in [6.07, 6.45) is 1.72. The number of carbonyl (C=O) groups is 1. The van der Waals surface area contributed by atoms with E-state index >= 15 is 0 Å². The van der Waals surface area contributed by atoms with E-state index in [0.29, 0.717) is 12.4 Å². The topological polar surface area (TPSA) is 93.4 Å². The van der Waals surface area contributed by atoms with Gasteiger partial charge in [-0.3, -0.25) is 4.79 Å². The number of carbonyl (C=O) groups excluding carboxylic acids is 1. The lowest BCUT2D eigenvalue weighted by Gasteiger charge is -2.29. The summed E-state index contributed by atoms with van der Waals surface area (Å²) in [4.78, 5) is 17.9. The van der Waals surface area contributed by atoms with E-state index in [1.807, 2.05) is 24.3 Å². The first kappa shape index (κ1) is 15.7. The van der Waals surface area contributed by atoms with Crippen LogP contribution in [0.15, 0.2) is 28.8 Å². The molecule has 8 heteroatoms. The Kier molecular flexibility index (Phi) is 4.16. The molecule has 0 spiro atoms. The van der Waals surface area contributed by atoms with E-state index in [1.54, 1.807) is 11.8 Å². The molecule has 1 aromatic carbocycles. The number of aryl methyl sites for hydroxylation is 2. The van der Waals surface area contributed by atoms with Gasteiger partial charge in [0.25, 0.3) is 0 Å². The number of hydrogen-bond acceptors (Lipinski definition) is 6. The van der Waals surface area contributed by atoms with Gasteiger partial charge in [-0.2, -0.15) is 4.98 Å². The molecule has 0 N–H and O–H groups in total. The van der Waals surface area contributed by atoms with Crippen LogP contribution in [0.1, 0.15) is 23.7 Å². The van der Waals surface area contributed by atoms with Crippen molar-refractivity contribution in [2.75, 3.05) is 17.2 Å². The van der Waals surface area contributed by atoms with E-state index in [2.05, 4.69) is 10.1 Å². The number of sulfone groups is 1. The van der Waals surface area contributed by atoms with Gasteiger partial charge in [-0.1, -0.05) is 23.4 Å². The minimum atomic E-state index is -3.66. The first-order valence-electron chi connectivity index (χ1n) is 7.32. The highest BCUT2D eigenvalue weighted by Gasteiger charge is 2.27. The van der Waals surface area contributed by atoms with Crippen molar-refractivity contribution in [1.29, 1.82) is 0 Å². The van der Waals surface area contributed by atoms with Gasteiger partial charge in [-0.25, -0.2) is 8.42 Å². The highest BCUT2D eigenvalue weighted by molar-refractivity contribution is 7.91. The highest BCUT2D eigenvalue weighted by Crippen LogP contribution is 2.27. The van der Waals surface area contributed by atoms with Crippen LogP contribution in [-0.4, -0.2) is 36.8 Å². The van der Waals surface area contributed by atoms with Crippen LogP contribution >= 0.6 is 0 Å². The van der Waals surface area contributed by atoms with E-state index in [0.717, 1.165) is 24.1 Å². The Balaban J connectivity index is 1.74. The predicted octanol–water partition coefficient (Wildman–Crippen LogP) is 1.27. The molecular weight excluding hydrogens is 318 g/mol. The molecule has 0 radical (unpaired) electrons. The van der Waals surface area contributed by atoms with Gasteiger partial charge in [0.2, 0.25) is 11.8 Å². The van der Waals surface area contributed by atoms with E-state index in [1.165, 1.54) is 0 Å². The Hall–Kier alpha value is -2.22. The molecule has 1 aliphatic rings. The van der Waals surface area contributed by atoms with Gasteiger partial charge in [-0.05, 0) is 31.4 Å². The molecule has 2 aromatic rings. The van der Waals surface area contributed by atoms with Gasteiger partial charge in [0.05, 0.1) is 0 Å². The Labute approximate surface area is 134 Å². The number of para-hydroxylation sites is 1. The number of hydrogen-bond donors (Lipinski definition) is 0.